The van der Waals surface area contributed by atoms with Gasteiger partial charge in [0.1, 0.15) is 32.9 Å². The van der Waals surface area contributed by atoms with Gasteiger partial charge in [0.2, 0.25) is 0 Å². The summed E-state index contributed by atoms with van der Waals surface area (Å²) < 4.78 is 25.1. The number of hydrogen-bond donors (Lipinski definition) is 4. The van der Waals surface area contributed by atoms with E-state index in [1.165, 1.54) is 73.9 Å². The predicted molar refractivity (Wildman–Crippen MR) is 465 cm³/mol. The van der Waals surface area contributed by atoms with Crippen LogP contribution in [0.15, 0.2) is 103 Å². The molecule has 0 amide bonds. The quantitative estimate of drug-likeness (QED) is 0.0526. The molecule has 4 fully saturated rings. The van der Waals surface area contributed by atoms with E-state index in [4.69, 9.17) is 18.9 Å². The normalized spacial score (nSPS) is 14.3. The summed E-state index contributed by atoms with van der Waals surface area (Å²) in [6, 6.07) is 33.8. The van der Waals surface area contributed by atoms with Gasteiger partial charge in [0, 0.05) is 75.6 Å². The molecule has 32 heteroatoms. The first-order valence-electron chi connectivity index (χ1n) is 40.5. The summed E-state index contributed by atoms with van der Waals surface area (Å²) >= 11 is 0. The average Bonchev–Trinajstić information content (AvgIpc) is 1.21. The maximum atomic E-state index is 12.1. The fourth-order valence-corrected chi connectivity index (χ4v) is 32.7. The van der Waals surface area contributed by atoms with Crippen molar-refractivity contribution in [3.8, 4) is 0 Å². The van der Waals surface area contributed by atoms with Crippen LogP contribution in [-0.4, -0.2) is 141 Å². The SMILES string of the molecule is C1CCOC1.C1CCOC1.C1CCOC1.C1CCOC1.CC(C)c1cccc(C(C)C)c1N([Si](C)(C)C)[Si]([O-])([O-])O.CC(C)c1cccc(C(C)C)c1N([Si](C)(C)C)[Si]([O-])([O-])O.CC(C)c1cccc(C(C)C)c1N([Si](C)(C)C)[Si]([O-])([O-])O.CC(C)c1cccc(C(C)C)c1N([Si](C)(C)C)[Si]([O-])([O-])O.Cc1ccccc1.[Zn+2].[Zn+2].[Zn+2].[Zn+2]. The van der Waals surface area contributed by atoms with Crippen LogP contribution in [0.5, 0.6) is 0 Å². The van der Waals surface area contributed by atoms with Crippen molar-refractivity contribution in [3.63, 3.8) is 0 Å². The summed E-state index contributed by atoms with van der Waals surface area (Å²) in [5.41, 5.74) is 11.9. The molecule has 0 saturated carbocycles. The van der Waals surface area contributed by atoms with Gasteiger partial charge in [0.25, 0.3) is 0 Å². The zero-order valence-electron chi connectivity index (χ0n) is 76.6. The van der Waals surface area contributed by atoms with Crippen LogP contribution in [-0.2, 0) is 96.9 Å². The number of para-hydroxylation sites is 4. The largest absolute Gasteiger partial charge is 2.00 e. The van der Waals surface area contributed by atoms with E-state index in [-0.39, 0.29) is 125 Å². The van der Waals surface area contributed by atoms with Gasteiger partial charge in [-0.05, 0) is 150 Å². The van der Waals surface area contributed by atoms with Crippen molar-refractivity contribution < 1.29 is 154 Å². The van der Waals surface area contributed by atoms with Crippen LogP contribution in [0.1, 0.15) is 260 Å². The first kappa shape index (κ1) is 120. The Morgan fingerprint density at radius 3 is 0.443 bits per heavy atom. The molecule has 0 bridgehead atoms. The van der Waals surface area contributed by atoms with Crippen molar-refractivity contribution in [1.29, 1.82) is 0 Å². The third-order valence-electron chi connectivity index (χ3n) is 18.3. The molecule has 0 aromatic heterocycles. The first-order chi connectivity index (χ1) is 50.9. The Hall–Kier alpha value is -1.11. The van der Waals surface area contributed by atoms with E-state index < -0.39 is 68.8 Å². The minimum atomic E-state index is -4.92. The Kier molecular flexibility index (Phi) is 58.5. The maximum Gasteiger partial charge on any atom is 2.00 e. The topological polar surface area (TPSA) is 315 Å². The molecule has 0 spiro atoms. The van der Waals surface area contributed by atoms with Gasteiger partial charge < -0.3 is 93.4 Å². The number of nitrogens with zero attached hydrogens (tertiary/aromatic N) is 4. The second kappa shape index (κ2) is 56.0. The summed E-state index contributed by atoms with van der Waals surface area (Å²) in [4.78, 5) is 136. The van der Waals surface area contributed by atoms with Crippen LogP contribution in [0.4, 0.5) is 22.7 Å². The van der Waals surface area contributed by atoms with Gasteiger partial charge >= 0.3 is 77.9 Å². The third kappa shape index (κ3) is 43.4. The van der Waals surface area contributed by atoms with E-state index in [0.29, 0.717) is 22.7 Å². The van der Waals surface area contributed by atoms with E-state index >= 15 is 0 Å². The molecule has 4 N–H and O–H groups in total. The molecule has 5 aromatic carbocycles. The Morgan fingerprint density at radius 2 is 0.374 bits per heavy atom. The molecule has 0 aliphatic carbocycles. The maximum absolute atomic E-state index is 12.1. The molecular weight excluding hydrogens is 1800 g/mol. The summed E-state index contributed by atoms with van der Waals surface area (Å²) in [6.07, 6.45) is 10.2. The van der Waals surface area contributed by atoms with E-state index in [2.05, 4.69) is 19.1 Å². The van der Waals surface area contributed by atoms with Crippen molar-refractivity contribution in [2.24, 2.45) is 0 Å². The molecule has 9 rings (SSSR count). The number of anilines is 4. The number of aryl methyl sites for hydroxylation is 1. The molecule has 5 aromatic rings. The zero-order valence-corrected chi connectivity index (χ0v) is 96.4. The number of rotatable bonds is 20. The second-order valence-electron chi connectivity index (χ2n) is 35.5. The average molecular weight is 1940 g/mol. The fraction of sp³-hybridized carbons (Fsp3) is 0.639. The van der Waals surface area contributed by atoms with Crippen molar-refractivity contribution >= 4 is 91.6 Å². The molecule has 4 aliphatic heterocycles. The minimum Gasteiger partial charge on any atom is -0.834 e. The Morgan fingerprint density at radius 1 is 0.243 bits per heavy atom. The molecule has 115 heavy (non-hydrogen) atoms. The van der Waals surface area contributed by atoms with Gasteiger partial charge in [-0.3, -0.25) is 0 Å². The standard InChI is InChI=1S/4C15H27NO3Si2.C7H8.4C4H8O.4Zn/c4*1-11(2)13-9-8-10-14(12(3)4)15(13)16(20(5,6)7)21(17,18)19;1-7-5-3-2-4-6-7;4*1-2-4-5-3-1;;;;/h4*8-12,17H,1-7H3;2-6H,1H3;4*1-4H2;;;;/q4*-2;;;;;;4*+2. The van der Waals surface area contributed by atoms with Gasteiger partial charge in [-0.2, -0.15) is 0 Å². The molecule has 0 atom stereocenters. The summed E-state index contributed by atoms with van der Waals surface area (Å²) in [7, 11) is -28.9. The van der Waals surface area contributed by atoms with Crippen molar-refractivity contribution in [1.82, 2.24) is 0 Å². The molecule has 0 unspecified atom stereocenters. The predicted octanol–water partition coefficient (Wildman–Crippen LogP) is 12.1. The number of hydrogen-bond acceptors (Lipinski definition) is 20. The van der Waals surface area contributed by atoms with Crippen LogP contribution in [0, 0.1) is 6.92 Å². The summed E-state index contributed by atoms with van der Waals surface area (Å²) in [5.74, 6) is 1.51. The molecule has 4 saturated heterocycles. The van der Waals surface area contributed by atoms with Crippen molar-refractivity contribution in [3.05, 3.63) is 153 Å². The Labute approximate surface area is 757 Å². The van der Waals surface area contributed by atoms with E-state index in [0.717, 1.165) is 97.4 Å². The third-order valence-corrected chi connectivity index (χ3v) is 39.2. The first-order valence-corrected chi connectivity index (χ1v) is 61.1. The van der Waals surface area contributed by atoms with Gasteiger partial charge in [0.15, 0.2) is 0 Å². The van der Waals surface area contributed by atoms with Gasteiger partial charge in [0.05, 0.1) is 35.9 Å². The Balaban J connectivity index is -0.000000633. The molecule has 4 heterocycles. The second-order valence-corrected chi connectivity index (χ2v) is 62.7. The molecule has 636 valence electrons. The fourth-order valence-electron chi connectivity index (χ4n) is 13.3. The number of benzene rings is 5. The van der Waals surface area contributed by atoms with Crippen LogP contribution >= 0.6 is 0 Å². The van der Waals surface area contributed by atoms with Crippen LogP contribution in [0.3, 0.4) is 0 Å². The smallest absolute Gasteiger partial charge is 0.834 e. The van der Waals surface area contributed by atoms with E-state index in [1.807, 2.05) is 280 Å². The minimum absolute atomic E-state index is 0. The zero-order chi connectivity index (χ0) is 85.6. The summed E-state index contributed by atoms with van der Waals surface area (Å²) in [5, 5.41) is 0. The number of ether oxygens (including phenoxy) is 4. The van der Waals surface area contributed by atoms with Crippen LogP contribution < -0.4 is 55.3 Å². The molecule has 0 radical (unpaired) electrons. The molecule has 4 aliphatic rings. The van der Waals surface area contributed by atoms with Gasteiger partial charge in [-0.15, -0.1) is 0 Å². The van der Waals surface area contributed by atoms with Crippen molar-refractivity contribution in [2.75, 3.05) is 69.8 Å². The van der Waals surface area contributed by atoms with Gasteiger partial charge in [-0.1, -0.05) is 298 Å². The van der Waals surface area contributed by atoms with Gasteiger partial charge in [-0.25, -0.2) is 0 Å². The van der Waals surface area contributed by atoms with Crippen LogP contribution in [0.25, 0.3) is 0 Å². The molecule has 20 nitrogen and oxygen atoms in total. The van der Waals surface area contributed by atoms with E-state index in [1.54, 1.807) is 0 Å². The van der Waals surface area contributed by atoms with Crippen molar-refractivity contribution in [2.45, 2.75) is 295 Å². The Bertz CT molecular complexity index is 2800. The summed E-state index contributed by atoms with van der Waals surface area (Å²) in [6.45, 7) is 66.0. The molecular formula is C83H148N4O16Si8Zn4. The van der Waals surface area contributed by atoms with E-state index in [9.17, 15) is 57.5 Å². The van der Waals surface area contributed by atoms with Crippen LogP contribution in [0.2, 0.25) is 78.6 Å². The monoisotopic (exact) mass is 1940 g/mol.